The Balaban J connectivity index is 4.25. The van der Waals surface area contributed by atoms with Crippen molar-refractivity contribution in [3.05, 3.63) is 12.2 Å². The summed E-state index contributed by atoms with van der Waals surface area (Å²) in [4.78, 5) is 23.0. The van der Waals surface area contributed by atoms with Gasteiger partial charge in [0.05, 0.1) is 0 Å². The SMILES string of the molecule is CO[Si](C)(COC(=O)/C=C/C(=O)OC[Si](C)(OC)OC)OC. The van der Waals surface area contributed by atoms with Crippen LogP contribution in [0.2, 0.25) is 13.1 Å². The number of hydrogen-bond donors (Lipinski definition) is 0. The predicted octanol–water partition coefficient (Wildman–Crippen LogP) is 0.437. The molecule has 0 bridgehead atoms. The lowest BCUT2D eigenvalue weighted by molar-refractivity contribution is -0.139. The van der Waals surface area contributed by atoms with Gasteiger partial charge in [0.2, 0.25) is 0 Å². The summed E-state index contributed by atoms with van der Waals surface area (Å²) in [5.41, 5.74) is 0. The summed E-state index contributed by atoms with van der Waals surface area (Å²) >= 11 is 0. The van der Waals surface area contributed by atoms with Gasteiger partial charge >= 0.3 is 29.1 Å². The standard InChI is InChI=1S/C12H24O8Si2/c1-15-21(5,16-2)9-19-11(13)7-8-12(14)20-10-22(6,17-3)18-4/h7-8H,9-10H2,1-6H3/b8-7+. The molecule has 0 aromatic heterocycles. The first-order valence-corrected chi connectivity index (χ1v) is 11.5. The van der Waals surface area contributed by atoms with Crippen molar-refractivity contribution in [3.8, 4) is 0 Å². The highest BCUT2D eigenvalue weighted by Crippen LogP contribution is 2.06. The van der Waals surface area contributed by atoms with Crippen LogP contribution in [0.1, 0.15) is 0 Å². The Morgan fingerprint density at radius 2 is 1.00 bits per heavy atom. The number of hydrogen-bond acceptors (Lipinski definition) is 8. The largest absolute Gasteiger partial charge is 0.461 e. The fourth-order valence-electron chi connectivity index (χ4n) is 1.04. The van der Waals surface area contributed by atoms with Crippen LogP contribution < -0.4 is 0 Å². The lowest BCUT2D eigenvalue weighted by atomic mass is 10.5. The van der Waals surface area contributed by atoms with E-state index in [9.17, 15) is 9.59 Å². The van der Waals surface area contributed by atoms with Crippen molar-refractivity contribution in [2.75, 3.05) is 40.9 Å². The fourth-order valence-corrected chi connectivity index (χ4v) is 2.65. The van der Waals surface area contributed by atoms with Crippen molar-refractivity contribution in [2.45, 2.75) is 13.1 Å². The van der Waals surface area contributed by atoms with Gasteiger partial charge in [-0.25, -0.2) is 9.59 Å². The molecule has 0 heterocycles. The molecular weight excluding hydrogens is 328 g/mol. The van der Waals surface area contributed by atoms with Crippen molar-refractivity contribution in [3.63, 3.8) is 0 Å². The van der Waals surface area contributed by atoms with Crippen molar-refractivity contribution in [2.24, 2.45) is 0 Å². The van der Waals surface area contributed by atoms with Crippen LogP contribution in [-0.2, 0) is 36.8 Å². The lowest BCUT2D eigenvalue weighted by Crippen LogP contribution is -2.43. The van der Waals surface area contributed by atoms with E-state index in [1.54, 1.807) is 13.1 Å². The minimum atomic E-state index is -2.49. The summed E-state index contributed by atoms with van der Waals surface area (Å²) in [6, 6.07) is 0. The molecule has 0 aliphatic carbocycles. The van der Waals surface area contributed by atoms with Crippen LogP contribution in [0.3, 0.4) is 0 Å². The molecule has 0 saturated heterocycles. The van der Waals surface area contributed by atoms with Crippen molar-refractivity contribution >= 4 is 29.1 Å². The van der Waals surface area contributed by atoms with E-state index in [1.807, 2.05) is 0 Å². The van der Waals surface area contributed by atoms with Crippen LogP contribution in [0.4, 0.5) is 0 Å². The Morgan fingerprint density at radius 1 is 0.727 bits per heavy atom. The van der Waals surface area contributed by atoms with E-state index in [0.29, 0.717) is 0 Å². The summed E-state index contributed by atoms with van der Waals surface area (Å²) in [7, 11) is 0.984. The van der Waals surface area contributed by atoms with Crippen LogP contribution in [0.25, 0.3) is 0 Å². The molecule has 0 aromatic carbocycles. The van der Waals surface area contributed by atoms with E-state index >= 15 is 0 Å². The Kier molecular flexibility index (Phi) is 9.40. The van der Waals surface area contributed by atoms with E-state index < -0.39 is 29.1 Å². The normalized spacial score (nSPS) is 12.5. The van der Waals surface area contributed by atoms with Gasteiger partial charge in [-0.05, 0) is 13.1 Å². The minimum Gasteiger partial charge on any atom is -0.461 e. The molecule has 22 heavy (non-hydrogen) atoms. The number of esters is 2. The van der Waals surface area contributed by atoms with Gasteiger partial charge in [-0.15, -0.1) is 0 Å². The highest BCUT2D eigenvalue weighted by molar-refractivity contribution is 6.66. The molecule has 0 radical (unpaired) electrons. The van der Waals surface area contributed by atoms with Gasteiger partial charge in [0.15, 0.2) is 0 Å². The molecule has 128 valence electrons. The Morgan fingerprint density at radius 3 is 1.23 bits per heavy atom. The topological polar surface area (TPSA) is 89.5 Å². The molecule has 0 aliphatic heterocycles. The van der Waals surface area contributed by atoms with Crippen molar-refractivity contribution in [1.82, 2.24) is 0 Å². The van der Waals surface area contributed by atoms with Crippen LogP contribution in [0, 0.1) is 0 Å². The molecule has 0 spiro atoms. The zero-order valence-electron chi connectivity index (χ0n) is 13.8. The maximum atomic E-state index is 11.5. The van der Waals surface area contributed by atoms with Gasteiger partial charge < -0.3 is 27.2 Å². The molecule has 0 unspecified atom stereocenters. The van der Waals surface area contributed by atoms with E-state index in [4.69, 9.17) is 27.2 Å². The van der Waals surface area contributed by atoms with Crippen LogP contribution in [0.15, 0.2) is 12.2 Å². The number of carbonyl (C=O) groups excluding carboxylic acids is 2. The lowest BCUT2D eigenvalue weighted by Gasteiger charge is -2.21. The summed E-state index contributed by atoms with van der Waals surface area (Å²) in [5.74, 6) is -1.36. The van der Waals surface area contributed by atoms with Gasteiger partial charge in [0.1, 0.15) is 12.5 Å². The molecule has 0 aromatic rings. The van der Waals surface area contributed by atoms with E-state index in [0.717, 1.165) is 12.2 Å². The van der Waals surface area contributed by atoms with Crippen LogP contribution >= 0.6 is 0 Å². The second-order valence-electron chi connectivity index (χ2n) is 4.63. The van der Waals surface area contributed by atoms with Gasteiger partial charge in [-0.1, -0.05) is 0 Å². The average Bonchev–Trinajstić information content (AvgIpc) is 2.55. The minimum absolute atomic E-state index is 0.0244. The first-order chi connectivity index (χ1) is 10.2. The maximum Gasteiger partial charge on any atom is 0.373 e. The van der Waals surface area contributed by atoms with Crippen molar-refractivity contribution in [1.29, 1.82) is 0 Å². The van der Waals surface area contributed by atoms with Gasteiger partial charge in [-0.3, -0.25) is 0 Å². The first kappa shape index (κ1) is 21.0. The number of carbonyl (C=O) groups is 2. The van der Waals surface area contributed by atoms with Gasteiger partial charge in [-0.2, -0.15) is 0 Å². The summed E-state index contributed by atoms with van der Waals surface area (Å²) in [5, 5.41) is 0. The summed E-state index contributed by atoms with van der Waals surface area (Å²) in [6.07, 6.45) is 2.02. The maximum absolute atomic E-state index is 11.5. The van der Waals surface area contributed by atoms with Crippen molar-refractivity contribution < 1.29 is 36.8 Å². The molecule has 0 saturated carbocycles. The fraction of sp³-hybridized carbons (Fsp3) is 0.667. The third-order valence-electron chi connectivity index (χ3n) is 3.04. The van der Waals surface area contributed by atoms with E-state index in [2.05, 4.69) is 0 Å². The molecule has 0 amide bonds. The molecule has 0 aliphatic rings. The number of ether oxygens (including phenoxy) is 2. The molecule has 0 N–H and O–H groups in total. The Labute approximate surface area is 132 Å². The van der Waals surface area contributed by atoms with Crippen LogP contribution in [0.5, 0.6) is 0 Å². The van der Waals surface area contributed by atoms with E-state index in [-0.39, 0.29) is 12.5 Å². The second-order valence-corrected chi connectivity index (χ2v) is 11.4. The summed E-state index contributed by atoms with van der Waals surface area (Å²) in [6.45, 7) is 3.50. The van der Waals surface area contributed by atoms with Gasteiger partial charge in [0, 0.05) is 40.6 Å². The molecule has 0 atom stereocenters. The molecular formula is C12H24O8Si2. The number of rotatable bonds is 10. The molecule has 10 heteroatoms. The Hall–Kier alpha value is -1.05. The quantitative estimate of drug-likeness (QED) is 0.318. The zero-order chi connectivity index (χ0) is 17.2. The smallest absolute Gasteiger partial charge is 0.373 e. The van der Waals surface area contributed by atoms with Gasteiger partial charge in [0.25, 0.3) is 0 Å². The predicted molar refractivity (Wildman–Crippen MR) is 82.3 cm³/mol. The van der Waals surface area contributed by atoms with Crippen LogP contribution in [-0.4, -0.2) is 70.0 Å². The first-order valence-electron chi connectivity index (χ1n) is 6.46. The monoisotopic (exact) mass is 352 g/mol. The molecule has 8 nitrogen and oxygen atoms in total. The highest BCUT2D eigenvalue weighted by Gasteiger charge is 2.31. The summed E-state index contributed by atoms with van der Waals surface area (Å²) < 4.78 is 30.6. The third kappa shape index (κ3) is 7.82. The third-order valence-corrected chi connectivity index (χ3v) is 7.83. The molecule has 0 rings (SSSR count). The highest BCUT2D eigenvalue weighted by atomic mass is 28.4. The zero-order valence-corrected chi connectivity index (χ0v) is 15.8. The van der Waals surface area contributed by atoms with E-state index in [1.165, 1.54) is 28.4 Å². The Bertz CT molecular complexity index is 355. The second kappa shape index (κ2) is 9.87. The molecule has 0 fully saturated rings. The average molecular weight is 352 g/mol.